The number of halogens is 1. The predicted octanol–water partition coefficient (Wildman–Crippen LogP) is 3.98. The molecule has 2 heterocycles. The SMILES string of the molecule is CN1OCC(S(=O)(=O)NCCc2ccccn2)C1c1cccc(Oc2ccc(Cl)cc2)c1. The Bertz CT molecular complexity index is 1140. The van der Waals surface area contributed by atoms with Gasteiger partial charge >= 0.3 is 0 Å². The van der Waals surface area contributed by atoms with E-state index in [1.807, 2.05) is 42.5 Å². The van der Waals surface area contributed by atoms with Crippen LogP contribution in [0.2, 0.25) is 5.02 Å². The first kappa shape index (κ1) is 22.7. The molecule has 2 aromatic carbocycles. The van der Waals surface area contributed by atoms with Gasteiger partial charge in [-0.15, -0.1) is 0 Å². The van der Waals surface area contributed by atoms with Gasteiger partial charge in [0.2, 0.25) is 10.0 Å². The van der Waals surface area contributed by atoms with Gasteiger partial charge in [-0.3, -0.25) is 9.82 Å². The number of hydroxylamine groups is 2. The molecule has 7 nitrogen and oxygen atoms in total. The Morgan fingerprint density at radius 3 is 2.69 bits per heavy atom. The number of benzene rings is 2. The van der Waals surface area contributed by atoms with Crippen LogP contribution in [0.15, 0.2) is 72.9 Å². The second-order valence-corrected chi connectivity index (χ2v) is 9.88. The molecule has 2 atom stereocenters. The van der Waals surface area contributed by atoms with E-state index in [4.69, 9.17) is 21.2 Å². The molecule has 0 radical (unpaired) electrons. The first-order valence-electron chi connectivity index (χ1n) is 10.2. The summed E-state index contributed by atoms with van der Waals surface area (Å²) in [6, 6.07) is 19.5. The number of pyridine rings is 1. The Morgan fingerprint density at radius 2 is 1.94 bits per heavy atom. The lowest BCUT2D eigenvalue weighted by molar-refractivity contribution is -0.110. The first-order chi connectivity index (χ1) is 15.4. The fourth-order valence-corrected chi connectivity index (χ4v) is 5.29. The van der Waals surface area contributed by atoms with E-state index in [0.717, 1.165) is 11.3 Å². The summed E-state index contributed by atoms with van der Waals surface area (Å²) in [5, 5.41) is 1.45. The second-order valence-electron chi connectivity index (χ2n) is 7.46. The van der Waals surface area contributed by atoms with E-state index in [9.17, 15) is 8.42 Å². The number of aromatic nitrogens is 1. The van der Waals surface area contributed by atoms with Gasteiger partial charge in [-0.05, 0) is 54.1 Å². The fourth-order valence-electron chi connectivity index (χ4n) is 3.66. The van der Waals surface area contributed by atoms with Crippen molar-refractivity contribution in [2.75, 3.05) is 20.2 Å². The second kappa shape index (κ2) is 9.97. The number of sulfonamides is 1. The molecule has 0 saturated carbocycles. The lowest BCUT2D eigenvalue weighted by Crippen LogP contribution is -2.40. The van der Waals surface area contributed by atoms with Crippen LogP contribution in [0, 0.1) is 0 Å². The van der Waals surface area contributed by atoms with Crippen LogP contribution in [0.5, 0.6) is 11.5 Å². The van der Waals surface area contributed by atoms with Gasteiger partial charge in [0.1, 0.15) is 16.7 Å². The van der Waals surface area contributed by atoms with Crippen LogP contribution >= 0.6 is 11.6 Å². The number of hydrogen-bond donors (Lipinski definition) is 1. The third-order valence-corrected chi connectivity index (χ3v) is 7.29. The Labute approximate surface area is 193 Å². The van der Waals surface area contributed by atoms with E-state index in [2.05, 4.69) is 9.71 Å². The third-order valence-electron chi connectivity index (χ3n) is 5.24. The van der Waals surface area contributed by atoms with Crippen LogP contribution < -0.4 is 9.46 Å². The molecule has 0 amide bonds. The third kappa shape index (κ3) is 5.46. The molecule has 0 aliphatic carbocycles. The number of ether oxygens (including phenoxy) is 1. The summed E-state index contributed by atoms with van der Waals surface area (Å²) >= 11 is 5.93. The Hall–Kier alpha value is -2.49. The number of nitrogens with zero attached hydrogens (tertiary/aromatic N) is 2. The molecule has 0 spiro atoms. The monoisotopic (exact) mass is 473 g/mol. The summed E-state index contributed by atoms with van der Waals surface area (Å²) in [5.41, 5.74) is 1.62. The first-order valence-corrected chi connectivity index (χ1v) is 12.1. The van der Waals surface area contributed by atoms with Crippen LogP contribution in [-0.4, -0.2) is 43.9 Å². The molecule has 1 aliphatic heterocycles. The topological polar surface area (TPSA) is 80.8 Å². The van der Waals surface area contributed by atoms with Crippen molar-refractivity contribution in [2.24, 2.45) is 0 Å². The highest BCUT2D eigenvalue weighted by atomic mass is 35.5. The smallest absolute Gasteiger partial charge is 0.218 e. The molecule has 1 aliphatic rings. The molecule has 1 fully saturated rings. The average molecular weight is 474 g/mol. The Morgan fingerprint density at radius 1 is 1.12 bits per heavy atom. The molecule has 3 aromatic rings. The van der Waals surface area contributed by atoms with E-state index in [1.54, 1.807) is 42.6 Å². The van der Waals surface area contributed by atoms with Crippen molar-refractivity contribution >= 4 is 21.6 Å². The highest BCUT2D eigenvalue weighted by Crippen LogP contribution is 2.35. The summed E-state index contributed by atoms with van der Waals surface area (Å²) in [6.07, 6.45) is 2.21. The molecule has 32 heavy (non-hydrogen) atoms. The van der Waals surface area contributed by atoms with Gasteiger partial charge in [0.25, 0.3) is 0 Å². The highest BCUT2D eigenvalue weighted by molar-refractivity contribution is 7.90. The minimum atomic E-state index is -3.64. The van der Waals surface area contributed by atoms with Crippen LogP contribution in [-0.2, 0) is 21.3 Å². The quantitative estimate of drug-likeness (QED) is 0.533. The van der Waals surface area contributed by atoms with Gasteiger partial charge in [0.15, 0.2) is 0 Å². The van der Waals surface area contributed by atoms with Crippen molar-refractivity contribution in [2.45, 2.75) is 17.7 Å². The normalized spacial score (nSPS) is 19.2. The average Bonchev–Trinajstić information content (AvgIpc) is 3.19. The zero-order valence-corrected chi connectivity index (χ0v) is 19.1. The van der Waals surface area contributed by atoms with Gasteiger partial charge in [-0.25, -0.2) is 13.1 Å². The summed E-state index contributed by atoms with van der Waals surface area (Å²) in [7, 11) is -1.90. The van der Waals surface area contributed by atoms with Gasteiger partial charge in [-0.1, -0.05) is 29.8 Å². The molecule has 0 bridgehead atoms. The Kier molecular flexibility index (Phi) is 7.07. The van der Waals surface area contributed by atoms with Crippen molar-refractivity contribution in [3.63, 3.8) is 0 Å². The molecule has 1 aromatic heterocycles. The largest absolute Gasteiger partial charge is 0.457 e. The zero-order valence-electron chi connectivity index (χ0n) is 17.5. The summed E-state index contributed by atoms with van der Waals surface area (Å²) in [5.74, 6) is 1.24. The predicted molar refractivity (Wildman–Crippen MR) is 123 cm³/mol. The van der Waals surface area contributed by atoms with Gasteiger partial charge in [-0.2, -0.15) is 5.06 Å². The van der Waals surface area contributed by atoms with Crippen molar-refractivity contribution in [3.05, 3.63) is 89.2 Å². The van der Waals surface area contributed by atoms with Gasteiger partial charge < -0.3 is 4.74 Å². The molecule has 1 saturated heterocycles. The van der Waals surface area contributed by atoms with Crippen LogP contribution in [0.25, 0.3) is 0 Å². The summed E-state index contributed by atoms with van der Waals surface area (Å²) in [6.45, 7) is 0.342. The van der Waals surface area contributed by atoms with Gasteiger partial charge in [0.05, 0.1) is 12.6 Å². The standard InChI is InChI=1S/C23H24ClN3O4S/c1-27-23(17-5-4-7-21(15-17)31-20-10-8-18(24)9-11-20)22(16-30-27)32(28,29)26-14-12-19-6-2-3-13-25-19/h2-11,13,15,22-23,26H,12,14,16H2,1H3. The molecular formula is C23H24ClN3O4S. The maximum absolute atomic E-state index is 13.1. The lowest BCUT2D eigenvalue weighted by atomic mass is 10.0. The van der Waals surface area contributed by atoms with Crippen molar-refractivity contribution < 1.29 is 18.0 Å². The molecule has 2 unspecified atom stereocenters. The molecule has 168 valence electrons. The number of hydrogen-bond acceptors (Lipinski definition) is 6. The summed E-state index contributed by atoms with van der Waals surface area (Å²) in [4.78, 5) is 9.83. The van der Waals surface area contributed by atoms with E-state index < -0.39 is 21.3 Å². The van der Waals surface area contributed by atoms with Gasteiger partial charge in [0, 0.05) is 36.9 Å². The van der Waals surface area contributed by atoms with E-state index >= 15 is 0 Å². The minimum Gasteiger partial charge on any atom is -0.457 e. The Balaban J connectivity index is 1.48. The highest BCUT2D eigenvalue weighted by Gasteiger charge is 2.43. The maximum Gasteiger partial charge on any atom is 0.218 e. The number of nitrogens with one attached hydrogen (secondary N) is 1. The van der Waals surface area contributed by atoms with Crippen molar-refractivity contribution in [1.82, 2.24) is 14.8 Å². The van der Waals surface area contributed by atoms with E-state index in [1.165, 1.54) is 0 Å². The van der Waals surface area contributed by atoms with Crippen molar-refractivity contribution in [1.29, 1.82) is 0 Å². The molecular weight excluding hydrogens is 450 g/mol. The van der Waals surface area contributed by atoms with Crippen LogP contribution in [0.3, 0.4) is 0 Å². The minimum absolute atomic E-state index is 0.0718. The maximum atomic E-state index is 13.1. The summed E-state index contributed by atoms with van der Waals surface area (Å²) < 4.78 is 34.8. The van der Waals surface area contributed by atoms with E-state index in [-0.39, 0.29) is 13.2 Å². The molecule has 4 rings (SSSR count). The van der Waals surface area contributed by atoms with Crippen LogP contribution in [0.4, 0.5) is 0 Å². The lowest BCUT2D eigenvalue weighted by Gasteiger charge is -2.23. The number of rotatable bonds is 8. The van der Waals surface area contributed by atoms with Crippen molar-refractivity contribution in [3.8, 4) is 11.5 Å². The zero-order chi connectivity index (χ0) is 22.6. The molecule has 9 heteroatoms. The molecule has 1 N–H and O–H groups in total. The van der Waals surface area contributed by atoms with E-state index in [0.29, 0.717) is 22.9 Å². The fraction of sp³-hybridized carbons (Fsp3) is 0.261. The van der Waals surface area contributed by atoms with Crippen LogP contribution in [0.1, 0.15) is 17.3 Å².